The number of thioether (sulfide) groups is 1. The number of ether oxygens (including phenoxy) is 2. The summed E-state index contributed by atoms with van der Waals surface area (Å²) in [5.41, 5.74) is 2.10. The number of carbonyl (C=O) groups is 1. The molecule has 2 heterocycles. The molecule has 2 aromatic heterocycles. The van der Waals surface area contributed by atoms with E-state index in [2.05, 4.69) is 20.5 Å². The first-order chi connectivity index (χ1) is 15.7. The lowest BCUT2D eigenvalue weighted by Gasteiger charge is -2.12. The zero-order valence-electron chi connectivity index (χ0n) is 17.6. The lowest BCUT2D eigenvalue weighted by molar-refractivity contribution is -0.113. The lowest BCUT2D eigenvalue weighted by Crippen LogP contribution is -2.15. The Morgan fingerprint density at radius 3 is 2.62 bits per heavy atom. The number of methoxy groups -OCH3 is 2. The highest BCUT2D eigenvalue weighted by Crippen LogP contribution is 2.29. The van der Waals surface area contributed by atoms with Crippen LogP contribution < -0.4 is 14.8 Å². The molecule has 0 aliphatic rings. The van der Waals surface area contributed by atoms with Crippen LogP contribution in [0.5, 0.6) is 11.5 Å². The molecule has 0 radical (unpaired) electrons. The molecule has 4 rings (SSSR count). The Bertz CT molecular complexity index is 1210. The number of carbonyl (C=O) groups excluding carboxylic acids is 1. The van der Waals surface area contributed by atoms with Crippen LogP contribution in [0.1, 0.15) is 0 Å². The first-order valence-corrected chi connectivity index (χ1v) is 10.7. The van der Waals surface area contributed by atoms with Crippen LogP contribution in [0.4, 0.5) is 5.69 Å². The maximum Gasteiger partial charge on any atom is 0.234 e. The predicted octanol–water partition coefficient (Wildman–Crippen LogP) is 4.08. The van der Waals surface area contributed by atoms with Crippen LogP contribution in [0.25, 0.3) is 17.2 Å². The molecule has 0 aliphatic heterocycles. The predicted molar refractivity (Wildman–Crippen MR) is 123 cm³/mol. The van der Waals surface area contributed by atoms with Crippen LogP contribution >= 0.6 is 11.8 Å². The van der Waals surface area contributed by atoms with Crippen molar-refractivity contribution in [3.05, 3.63) is 72.9 Å². The Morgan fingerprint density at radius 1 is 1.00 bits per heavy atom. The summed E-state index contributed by atoms with van der Waals surface area (Å²) in [5, 5.41) is 12.1. The molecule has 162 valence electrons. The van der Waals surface area contributed by atoms with E-state index in [0.717, 1.165) is 5.69 Å². The zero-order valence-corrected chi connectivity index (χ0v) is 18.4. The van der Waals surface area contributed by atoms with Gasteiger partial charge in [-0.25, -0.2) is 0 Å². The van der Waals surface area contributed by atoms with Crippen molar-refractivity contribution >= 4 is 23.4 Å². The van der Waals surface area contributed by atoms with Gasteiger partial charge in [0, 0.05) is 12.3 Å². The van der Waals surface area contributed by atoms with Gasteiger partial charge in [0.25, 0.3) is 0 Å². The summed E-state index contributed by atoms with van der Waals surface area (Å²) in [5.74, 6) is 1.84. The second-order valence-electron chi connectivity index (χ2n) is 6.60. The molecule has 0 spiro atoms. The molecule has 9 heteroatoms. The standard InChI is InChI=1S/C23H21N5O3S/c1-30-17-9-7-8-16(14-17)28-22(19-11-5-6-13-24-19)26-27-23(28)32-15-21(29)25-18-10-3-4-12-20(18)31-2/h3-14H,15H2,1-2H3,(H,25,29). The molecule has 1 N–H and O–H groups in total. The molecule has 0 fully saturated rings. The number of anilines is 1. The van der Waals surface area contributed by atoms with E-state index in [-0.39, 0.29) is 11.7 Å². The molecule has 0 saturated heterocycles. The summed E-state index contributed by atoms with van der Waals surface area (Å²) in [7, 11) is 3.18. The summed E-state index contributed by atoms with van der Waals surface area (Å²) in [6, 6.07) is 20.4. The number of nitrogens with one attached hydrogen (secondary N) is 1. The quantitative estimate of drug-likeness (QED) is 0.407. The monoisotopic (exact) mass is 447 g/mol. The number of amides is 1. The van der Waals surface area contributed by atoms with Crippen molar-refractivity contribution in [1.82, 2.24) is 19.7 Å². The van der Waals surface area contributed by atoms with Crippen molar-refractivity contribution < 1.29 is 14.3 Å². The zero-order chi connectivity index (χ0) is 22.3. The number of hydrogen-bond donors (Lipinski definition) is 1. The topological polar surface area (TPSA) is 91.2 Å². The average molecular weight is 448 g/mol. The van der Waals surface area contributed by atoms with Gasteiger partial charge in [0.05, 0.1) is 31.3 Å². The minimum atomic E-state index is -0.181. The van der Waals surface area contributed by atoms with Gasteiger partial charge in [-0.15, -0.1) is 10.2 Å². The fourth-order valence-electron chi connectivity index (χ4n) is 3.07. The van der Waals surface area contributed by atoms with Crippen LogP contribution in [-0.2, 0) is 4.79 Å². The van der Waals surface area contributed by atoms with Gasteiger partial charge in [-0.3, -0.25) is 14.3 Å². The number of para-hydroxylation sites is 2. The van der Waals surface area contributed by atoms with E-state index in [4.69, 9.17) is 9.47 Å². The van der Waals surface area contributed by atoms with E-state index in [1.807, 2.05) is 59.2 Å². The third-order valence-electron chi connectivity index (χ3n) is 4.55. The van der Waals surface area contributed by atoms with E-state index < -0.39 is 0 Å². The number of nitrogens with zero attached hydrogens (tertiary/aromatic N) is 4. The van der Waals surface area contributed by atoms with E-state index in [0.29, 0.717) is 33.9 Å². The maximum absolute atomic E-state index is 12.6. The molecule has 0 aliphatic carbocycles. The molecule has 0 bridgehead atoms. The van der Waals surface area contributed by atoms with Crippen LogP contribution in [0, 0.1) is 0 Å². The van der Waals surface area contributed by atoms with Gasteiger partial charge in [0.1, 0.15) is 17.2 Å². The van der Waals surface area contributed by atoms with E-state index in [9.17, 15) is 4.79 Å². The Kier molecular flexibility index (Phi) is 6.66. The van der Waals surface area contributed by atoms with E-state index in [1.54, 1.807) is 32.5 Å². The molecular formula is C23H21N5O3S. The molecule has 0 saturated carbocycles. The molecular weight excluding hydrogens is 426 g/mol. The minimum Gasteiger partial charge on any atom is -0.497 e. The largest absolute Gasteiger partial charge is 0.497 e. The number of hydrogen-bond acceptors (Lipinski definition) is 7. The molecule has 0 unspecified atom stereocenters. The summed E-state index contributed by atoms with van der Waals surface area (Å²) in [4.78, 5) is 17.0. The maximum atomic E-state index is 12.6. The van der Waals surface area contributed by atoms with Crippen molar-refractivity contribution in [2.75, 3.05) is 25.3 Å². The van der Waals surface area contributed by atoms with Crippen molar-refractivity contribution in [3.63, 3.8) is 0 Å². The number of pyridine rings is 1. The molecule has 2 aromatic carbocycles. The fourth-order valence-corrected chi connectivity index (χ4v) is 3.82. The van der Waals surface area contributed by atoms with Gasteiger partial charge < -0.3 is 14.8 Å². The summed E-state index contributed by atoms with van der Waals surface area (Å²) < 4.78 is 12.5. The summed E-state index contributed by atoms with van der Waals surface area (Å²) in [6.45, 7) is 0. The first-order valence-electron chi connectivity index (χ1n) is 9.76. The van der Waals surface area contributed by atoms with E-state index in [1.165, 1.54) is 11.8 Å². The van der Waals surface area contributed by atoms with E-state index >= 15 is 0 Å². The highest BCUT2D eigenvalue weighted by atomic mass is 32.2. The van der Waals surface area contributed by atoms with Crippen molar-refractivity contribution in [1.29, 1.82) is 0 Å². The van der Waals surface area contributed by atoms with Gasteiger partial charge in [0.2, 0.25) is 5.91 Å². The Hall–Kier alpha value is -3.85. The van der Waals surface area contributed by atoms with Gasteiger partial charge in [-0.2, -0.15) is 0 Å². The molecule has 1 amide bonds. The third kappa shape index (κ3) is 4.73. The smallest absolute Gasteiger partial charge is 0.234 e. The normalized spacial score (nSPS) is 10.6. The number of rotatable bonds is 8. The SMILES string of the molecule is COc1cccc(-n2c(SCC(=O)Nc3ccccc3OC)nnc2-c2ccccn2)c1. The fraction of sp³-hybridized carbons (Fsp3) is 0.130. The second kappa shape index (κ2) is 9.97. The van der Waals surface area contributed by atoms with Crippen LogP contribution in [0.2, 0.25) is 0 Å². The first kappa shape index (κ1) is 21.4. The number of benzene rings is 2. The van der Waals surface area contributed by atoms with Gasteiger partial charge in [0.15, 0.2) is 11.0 Å². The Balaban J connectivity index is 1.61. The second-order valence-corrected chi connectivity index (χ2v) is 7.54. The van der Waals surface area contributed by atoms with Gasteiger partial charge in [-0.05, 0) is 36.4 Å². The summed E-state index contributed by atoms with van der Waals surface area (Å²) in [6.07, 6.45) is 1.70. The third-order valence-corrected chi connectivity index (χ3v) is 5.48. The molecule has 0 atom stereocenters. The minimum absolute atomic E-state index is 0.141. The molecule has 8 nitrogen and oxygen atoms in total. The number of aromatic nitrogens is 4. The van der Waals surface area contributed by atoms with Gasteiger partial charge in [-0.1, -0.05) is 36.0 Å². The molecule has 32 heavy (non-hydrogen) atoms. The Labute approximate surface area is 189 Å². The average Bonchev–Trinajstić information content (AvgIpc) is 3.28. The van der Waals surface area contributed by atoms with Crippen LogP contribution in [0.15, 0.2) is 78.1 Å². The Morgan fingerprint density at radius 2 is 1.84 bits per heavy atom. The highest BCUT2D eigenvalue weighted by Gasteiger charge is 2.19. The van der Waals surface area contributed by atoms with Crippen LogP contribution in [0.3, 0.4) is 0 Å². The van der Waals surface area contributed by atoms with Crippen molar-refractivity contribution in [3.8, 4) is 28.7 Å². The highest BCUT2D eigenvalue weighted by molar-refractivity contribution is 7.99. The van der Waals surface area contributed by atoms with Crippen molar-refractivity contribution in [2.45, 2.75) is 5.16 Å². The van der Waals surface area contributed by atoms with Crippen LogP contribution in [-0.4, -0.2) is 45.6 Å². The summed E-state index contributed by atoms with van der Waals surface area (Å²) >= 11 is 1.28. The van der Waals surface area contributed by atoms with Crippen molar-refractivity contribution in [2.24, 2.45) is 0 Å². The van der Waals surface area contributed by atoms with Gasteiger partial charge >= 0.3 is 0 Å². The lowest BCUT2D eigenvalue weighted by atomic mass is 10.2. The molecule has 4 aromatic rings.